The molecule has 2 N–H and O–H groups in total. The highest BCUT2D eigenvalue weighted by molar-refractivity contribution is 8.00. The second kappa shape index (κ2) is 7.79. The molecule has 0 radical (unpaired) electrons. The maximum atomic E-state index is 6.40. The van der Waals surface area contributed by atoms with E-state index in [1.165, 1.54) is 16.1 Å². The van der Waals surface area contributed by atoms with Gasteiger partial charge in [0.25, 0.3) is 0 Å². The van der Waals surface area contributed by atoms with Crippen LogP contribution in [0.5, 0.6) is 0 Å². The smallest absolute Gasteiger partial charge is 0.134 e. The highest BCUT2D eigenvalue weighted by atomic mass is 32.2. The Balaban J connectivity index is 1.67. The number of imidazole rings is 1. The van der Waals surface area contributed by atoms with E-state index in [0.717, 1.165) is 18.5 Å². The SMILES string of the molecule is CCC(CC)C(c1ccc(N2c3ccccc3SC2N)cc1)n1ccnc1. The van der Waals surface area contributed by atoms with Gasteiger partial charge in [-0.1, -0.05) is 62.7 Å². The number of fused-ring (bicyclic) bond motifs is 1. The number of anilines is 2. The van der Waals surface area contributed by atoms with E-state index in [1.807, 2.05) is 12.5 Å². The van der Waals surface area contributed by atoms with Crippen LogP contribution in [0.15, 0.2) is 72.1 Å². The molecule has 0 saturated heterocycles. The minimum atomic E-state index is -0.0864. The molecule has 2 aromatic carbocycles. The van der Waals surface area contributed by atoms with Gasteiger partial charge in [0, 0.05) is 23.0 Å². The number of hydrogen-bond donors (Lipinski definition) is 1. The first-order chi connectivity index (χ1) is 13.2. The molecular formula is C22H26N4S. The second-order valence-electron chi connectivity index (χ2n) is 6.97. The molecule has 140 valence electrons. The average molecular weight is 379 g/mol. The Morgan fingerprint density at radius 3 is 2.48 bits per heavy atom. The lowest BCUT2D eigenvalue weighted by Crippen LogP contribution is -2.32. The van der Waals surface area contributed by atoms with Crippen molar-refractivity contribution in [3.05, 3.63) is 72.8 Å². The molecule has 1 aliphatic rings. The van der Waals surface area contributed by atoms with Gasteiger partial charge in [-0.2, -0.15) is 0 Å². The first-order valence-electron chi connectivity index (χ1n) is 9.60. The molecule has 2 atom stereocenters. The Labute approximate surface area is 165 Å². The van der Waals surface area contributed by atoms with E-state index < -0.39 is 0 Å². The zero-order valence-corrected chi connectivity index (χ0v) is 16.6. The fourth-order valence-electron chi connectivity index (χ4n) is 4.05. The number of rotatable bonds is 6. The van der Waals surface area contributed by atoms with Gasteiger partial charge >= 0.3 is 0 Å². The van der Waals surface area contributed by atoms with Gasteiger partial charge in [0.15, 0.2) is 0 Å². The first-order valence-corrected chi connectivity index (χ1v) is 10.5. The van der Waals surface area contributed by atoms with E-state index in [0.29, 0.717) is 12.0 Å². The molecule has 2 heterocycles. The highest BCUT2D eigenvalue weighted by Gasteiger charge is 2.28. The van der Waals surface area contributed by atoms with Crippen LogP contribution in [-0.2, 0) is 0 Å². The van der Waals surface area contributed by atoms with Crippen LogP contribution in [0.1, 0.15) is 38.3 Å². The minimum absolute atomic E-state index is 0.0864. The van der Waals surface area contributed by atoms with Crippen LogP contribution in [-0.4, -0.2) is 15.0 Å². The third kappa shape index (κ3) is 3.37. The molecular weight excluding hydrogens is 352 g/mol. The average Bonchev–Trinajstić information content (AvgIpc) is 3.33. The zero-order valence-electron chi connectivity index (χ0n) is 15.8. The van der Waals surface area contributed by atoms with E-state index in [4.69, 9.17) is 5.73 Å². The molecule has 5 heteroatoms. The normalized spacial score (nSPS) is 17.3. The fourth-order valence-corrected chi connectivity index (χ4v) is 5.10. The van der Waals surface area contributed by atoms with E-state index in [2.05, 4.69) is 83.0 Å². The van der Waals surface area contributed by atoms with Crippen molar-refractivity contribution in [1.29, 1.82) is 0 Å². The molecule has 0 bridgehead atoms. The predicted molar refractivity (Wildman–Crippen MR) is 113 cm³/mol. The number of nitrogens with two attached hydrogens (primary N) is 1. The Morgan fingerprint density at radius 1 is 1.07 bits per heavy atom. The molecule has 1 aliphatic heterocycles. The summed E-state index contributed by atoms with van der Waals surface area (Å²) in [5.74, 6) is 0.579. The molecule has 0 spiro atoms. The highest BCUT2D eigenvalue weighted by Crippen LogP contribution is 2.45. The monoisotopic (exact) mass is 378 g/mol. The maximum absolute atomic E-state index is 6.40. The van der Waals surface area contributed by atoms with Gasteiger partial charge in [-0.3, -0.25) is 0 Å². The molecule has 0 fully saturated rings. The predicted octanol–water partition coefficient (Wildman–Crippen LogP) is 5.39. The van der Waals surface area contributed by atoms with Crippen LogP contribution in [0.4, 0.5) is 11.4 Å². The van der Waals surface area contributed by atoms with E-state index >= 15 is 0 Å². The van der Waals surface area contributed by atoms with Gasteiger partial charge in [-0.25, -0.2) is 4.98 Å². The van der Waals surface area contributed by atoms with Gasteiger partial charge in [0.1, 0.15) is 5.50 Å². The number of aromatic nitrogens is 2. The summed E-state index contributed by atoms with van der Waals surface area (Å²) in [5, 5.41) is 0. The zero-order chi connectivity index (χ0) is 18.8. The number of thioether (sulfide) groups is 1. The Kier molecular flexibility index (Phi) is 5.23. The summed E-state index contributed by atoms with van der Waals surface area (Å²) in [6.07, 6.45) is 8.14. The fraction of sp³-hybridized carbons (Fsp3) is 0.318. The second-order valence-corrected chi connectivity index (χ2v) is 8.13. The molecule has 0 saturated carbocycles. The summed E-state index contributed by atoms with van der Waals surface area (Å²) in [7, 11) is 0. The van der Waals surface area contributed by atoms with Crippen molar-refractivity contribution in [2.24, 2.45) is 11.7 Å². The van der Waals surface area contributed by atoms with Crippen molar-refractivity contribution in [3.8, 4) is 0 Å². The van der Waals surface area contributed by atoms with Crippen LogP contribution >= 0.6 is 11.8 Å². The van der Waals surface area contributed by atoms with Crippen molar-refractivity contribution in [2.75, 3.05) is 4.90 Å². The number of nitrogens with zero attached hydrogens (tertiary/aromatic N) is 3. The van der Waals surface area contributed by atoms with Gasteiger partial charge in [0.2, 0.25) is 0 Å². The summed E-state index contributed by atoms with van der Waals surface area (Å²) in [6, 6.07) is 17.6. The van der Waals surface area contributed by atoms with Crippen LogP contribution in [0.3, 0.4) is 0 Å². The minimum Gasteiger partial charge on any atom is -0.330 e. The van der Waals surface area contributed by atoms with Crippen LogP contribution in [0.25, 0.3) is 0 Å². The third-order valence-electron chi connectivity index (χ3n) is 5.48. The van der Waals surface area contributed by atoms with E-state index in [9.17, 15) is 0 Å². The van der Waals surface area contributed by atoms with Gasteiger partial charge < -0.3 is 15.2 Å². The number of para-hydroxylation sites is 1. The van der Waals surface area contributed by atoms with E-state index in [-0.39, 0.29) is 5.50 Å². The molecule has 0 amide bonds. The first kappa shape index (κ1) is 18.1. The number of benzene rings is 2. The van der Waals surface area contributed by atoms with Crippen molar-refractivity contribution in [1.82, 2.24) is 9.55 Å². The maximum Gasteiger partial charge on any atom is 0.134 e. The molecule has 1 aromatic heterocycles. The quantitative estimate of drug-likeness (QED) is 0.624. The van der Waals surface area contributed by atoms with Gasteiger partial charge in [0.05, 0.1) is 18.1 Å². The lowest BCUT2D eigenvalue weighted by molar-refractivity contribution is 0.355. The Bertz CT molecular complexity index is 872. The van der Waals surface area contributed by atoms with Crippen LogP contribution in [0.2, 0.25) is 0 Å². The summed E-state index contributed by atoms with van der Waals surface area (Å²) < 4.78 is 2.24. The number of hydrogen-bond acceptors (Lipinski definition) is 4. The Morgan fingerprint density at radius 2 is 1.81 bits per heavy atom. The van der Waals surface area contributed by atoms with Gasteiger partial charge in [-0.05, 0) is 35.7 Å². The molecule has 2 unspecified atom stereocenters. The van der Waals surface area contributed by atoms with Crippen molar-refractivity contribution >= 4 is 23.1 Å². The van der Waals surface area contributed by atoms with E-state index in [1.54, 1.807) is 11.8 Å². The Hall–Kier alpha value is -2.24. The largest absolute Gasteiger partial charge is 0.330 e. The van der Waals surface area contributed by atoms with Crippen molar-refractivity contribution in [2.45, 2.75) is 43.1 Å². The van der Waals surface area contributed by atoms with Crippen LogP contribution < -0.4 is 10.6 Å². The van der Waals surface area contributed by atoms with Crippen molar-refractivity contribution in [3.63, 3.8) is 0 Å². The molecule has 3 aromatic rings. The molecule has 0 aliphatic carbocycles. The molecule has 4 nitrogen and oxygen atoms in total. The summed E-state index contributed by atoms with van der Waals surface area (Å²) in [5.41, 5.74) is 9.96. The van der Waals surface area contributed by atoms with Crippen LogP contribution in [0, 0.1) is 5.92 Å². The summed E-state index contributed by atoms with van der Waals surface area (Å²) in [6.45, 7) is 4.54. The topological polar surface area (TPSA) is 47.1 Å². The van der Waals surface area contributed by atoms with Gasteiger partial charge in [-0.15, -0.1) is 0 Å². The lowest BCUT2D eigenvalue weighted by Gasteiger charge is -2.28. The lowest BCUT2D eigenvalue weighted by atomic mass is 9.88. The third-order valence-corrected chi connectivity index (χ3v) is 6.53. The van der Waals surface area contributed by atoms with Crippen molar-refractivity contribution < 1.29 is 0 Å². The molecule has 4 rings (SSSR count). The standard InChI is InChI=1S/C22H26N4S/c1-3-16(4-2)21(25-14-13-24-15-25)17-9-11-18(12-10-17)26-19-7-5-6-8-20(19)27-22(26)23/h5-16,21-22H,3-4,23H2,1-2H3. The summed E-state index contributed by atoms with van der Waals surface area (Å²) in [4.78, 5) is 7.72. The molecule has 27 heavy (non-hydrogen) atoms. The summed E-state index contributed by atoms with van der Waals surface area (Å²) >= 11 is 1.71.